The van der Waals surface area contributed by atoms with Gasteiger partial charge in [-0.25, -0.2) is 4.98 Å². The van der Waals surface area contributed by atoms with Crippen LogP contribution in [0.15, 0.2) is 5.38 Å². The van der Waals surface area contributed by atoms with Crippen LogP contribution in [0.1, 0.15) is 51.7 Å². The first-order valence-electron chi connectivity index (χ1n) is 8.42. The van der Waals surface area contributed by atoms with Crippen LogP contribution in [0, 0.1) is 0 Å². The van der Waals surface area contributed by atoms with E-state index in [2.05, 4.69) is 15.4 Å². The van der Waals surface area contributed by atoms with Crippen LogP contribution in [-0.4, -0.2) is 33.1 Å². The zero-order valence-electron chi connectivity index (χ0n) is 14.3. The number of hydrogen-bond donors (Lipinski definition) is 2. The van der Waals surface area contributed by atoms with Gasteiger partial charge in [-0.1, -0.05) is 0 Å². The molecule has 0 atom stereocenters. The topological polar surface area (TPSA) is 103 Å². The van der Waals surface area contributed by atoms with Crippen LogP contribution in [0.2, 0.25) is 0 Å². The highest BCUT2D eigenvalue weighted by molar-refractivity contribution is 7.09. The molecule has 27 heavy (non-hydrogen) atoms. The first-order valence-corrected chi connectivity index (χ1v) is 9.30. The van der Waals surface area contributed by atoms with Gasteiger partial charge in [0.1, 0.15) is 10.7 Å². The fourth-order valence-corrected chi connectivity index (χ4v) is 3.79. The zero-order chi connectivity index (χ0) is 19.6. The summed E-state index contributed by atoms with van der Waals surface area (Å²) in [7, 11) is 0. The molecule has 11 heteroatoms. The van der Waals surface area contributed by atoms with Gasteiger partial charge in [-0.15, -0.1) is 11.3 Å². The first-order chi connectivity index (χ1) is 12.8. The maximum absolute atomic E-state index is 13.2. The molecule has 7 nitrogen and oxygen atoms in total. The molecule has 0 spiro atoms. The van der Waals surface area contributed by atoms with Crippen molar-refractivity contribution >= 4 is 23.2 Å². The predicted molar refractivity (Wildman–Crippen MR) is 91.2 cm³/mol. The van der Waals surface area contributed by atoms with E-state index in [4.69, 9.17) is 5.73 Å². The van der Waals surface area contributed by atoms with Gasteiger partial charge in [0.25, 0.3) is 5.91 Å². The number of primary amides is 1. The van der Waals surface area contributed by atoms with Crippen molar-refractivity contribution < 1.29 is 22.8 Å². The molecule has 3 N–H and O–H groups in total. The maximum Gasteiger partial charge on any atom is 0.435 e. The van der Waals surface area contributed by atoms with Crippen LogP contribution in [0.3, 0.4) is 0 Å². The third-order valence-electron chi connectivity index (χ3n) is 4.25. The van der Waals surface area contributed by atoms with E-state index in [-0.39, 0.29) is 30.8 Å². The number of amides is 2. The van der Waals surface area contributed by atoms with Crippen LogP contribution >= 0.6 is 11.3 Å². The third kappa shape index (κ3) is 4.46. The van der Waals surface area contributed by atoms with Crippen LogP contribution in [-0.2, 0) is 30.4 Å². The SMILES string of the molecule is NC(=O)CCNC(=O)c1csc(Cn2nc(C(F)(F)F)c3c2CCCC3)n1. The molecule has 0 bridgehead atoms. The molecule has 0 saturated heterocycles. The standard InChI is InChI=1S/C16H18F3N5O2S/c17-16(18,19)14-9-3-1-2-4-11(9)24(23-14)7-13-22-10(8-27-13)15(26)21-6-5-12(20)25/h8H,1-7H2,(H2,20,25)(H,21,26). The molecule has 0 aliphatic heterocycles. The predicted octanol–water partition coefficient (Wildman–Crippen LogP) is 1.89. The van der Waals surface area contributed by atoms with E-state index in [0.717, 1.165) is 6.42 Å². The monoisotopic (exact) mass is 401 g/mol. The molecule has 2 aromatic rings. The molecule has 2 amide bonds. The summed E-state index contributed by atoms with van der Waals surface area (Å²) in [5.74, 6) is -0.990. The lowest BCUT2D eigenvalue weighted by molar-refractivity contribution is -0.142. The summed E-state index contributed by atoms with van der Waals surface area (Å²) >= 11 is 1.17. The molecule has 0 unspecified atom stereocenters. The lowest BCUT2D eigenvalue weighted by Crippen LogP contribution is -2.28. The molecule has 1 aliphatic rings. The summed E-state index contributed by atoms with van der Waals surface area (Å²) in [6.07, 6.45) is -2.01. The van der Waals surface area contributed by atoms with Gasteiger partial charge in [-0.2, -0.15) is 18.3 Å². The van der Waals surface area contributed by atoms with Gasteiger partial charge in [0.15, 0.2) is 5.69 Å². The van der Waals surface area contributed by atoms with Crippen molar-refractivity contribution in [1.29, 1.82) is 0 Å². The fourth-order valence-electron chi connectivity index (χ4n) is 3.04. The normalized spacial score (nSPS) is 14.0. The summed E-state index contributed by atoms with van der Waals surface area (Å²) in [5.41, 5.74) is 5.20. The number of alkyl halides is 3. The average molecular weight is 401 g/mol. The Morgan fingerprint density at radius 3 is 2.74 bits per heavy atom. The van der Waals surface area contributed by atoms with E-state index in [0.29, 0.717) is 30.0 Å². The van der Waals surface area contributed by atoms with Crippen LogP contribution in [0.25, 0.3) is 0 Å². The summed E-state index contributed by atoms with van der Waals surface area (Å²) < 4.78 is 41.1. The quantitative estimate of drug-likeness (QED) is 0.772. The zero-order valence-corrected chi connectivity index (χ0v) is 15.1. The number of halogens is 3. The molecule has 146 valence electrons. The molecule has 0 fully saturated rings. The minimum Gasteiger partial charge on any atom is -0.370 e. The molecule has 3 rings (SSSR count). The largest absolute Gasteiger partial charge is 0.435 e. The number of nitrogens with one attached hydrogen (secondary N) is 1. The highest BCUT2D eigenvalue weighted by Gasteiger charge is 2.39. The Labute approximate surface area is 156 Å². The molecule has 2 heterocycles. The average Bonchev–Trinajstić information content (AvgIpc) is 3.20. The van der Waals surface area contributed by atoms with Gasteiger partial charge in [-0.3, -0.25) is 14.3 Å². The van der Waals surface area contributed by atoms with Gasteiger partial charge in [0.05, 0.1) is 6.54 Å². The number of carbonyl (C=O) groups is 2. The number of fused-ring (bicyclic) bond motifs is 1. The lowest BCUT2D eigenvalue weighted by Gasteiger charge is -2.14. The molecule has 0 aromatic carbocycles. The van der Waals surface area contributed by atoms with E-state index >= 15 is 0 Å². The number of nitrogens with two attached hydrogens (primary N) is 1. The lowest BCUT2D eigenvalue weighted by atomic mass is 9.95. The molecule has 0 saturated carbocycles. The maximum atomic E-state index is 13.2. The van der Waals surface area contributed by atoms with E-state index in [1.54, 1.807) is 0 Å². The molecule has 2 aromatic heterocycles. The van der Waals surface area contributed by atoms with Gasteiger partial charge in [0, 0.05) is 29.6 Å². The minimum atomic E-state index is -4.49. The second-order valence-electron chi connectivity index (χ2n) is 6.24. The smallest absolute Gasteiger partial charge is 0.370 e. The fraction of sp³-hybridized carbons (Fsp3) is 0.500. The van der Waals surface area contributed by atoms with Gasteiger partial charge >= 0.3 is 6.18 Å². The van der Waals surface area contributed by atoms with Crippen molar-refractivity contribution in [3.8, 4) is 0 Å². The molecular weight excluding hydrogens is 383 g/mol. The highest BCUT2D eigenvalue weighted by Crippen LogP contribution is 2.36. The molecular formula is C16H18F3N5O2S. The van der Waals surface area contributed by atoms with Crippen molar-refractivity contribution in [1.82, 2.24) is 20.1 Å². The second-order valence-corrected chi connectivity index (χ2v) is 7.18. The first kappa shape index (κ1) is 19.3. The van der Waals surface area contributed by atoms with E-state index < -0.39 is 23.7 Å². The molecule has 0 radical (unpaired) electrons. The van der Waals surface area contributed by atoms with Crippen molar-refractivity contribution in [2.45, 2.75) is 44.8 Å². The van der Waals surface area contributed by atoms with Crippen molar-refractivity contribution in [2.75, 3.05) is 6.54 Å². The van der Waals surface area contributed by atoms with Crippen molar-refractivity contribution in [2.24, 2.45) is 5.73 Å². The van der Waals surface area contributed by atoms with Gasteiger partial charge in [0.2, 0.25) is 5.91 Å². The summed E-state index contributed by atoms with van der Waals surface area (Å²) in [6.45, 7) is 0.181. The minimum absolute atomic E-state index is 0.0162. The Morgan fingerprint density at radius 2 is 2.04 bits per heavy atom. The third-order valence-corrected chi connectivity index (χ3v) is 5.09. The van der Waals surface area contributed by atoms with Crippen LogP contribution in [0.5, 0.6) is 0 Å². The van der Waals surface area contributed by atoms with Gasteiger partial charge in [-0.05, 0) is 25.7 Å². The van der Waals surface area contributed by atoms with E-state index in [1.807, 2.05) is 0 Å². The van der Waals surface area contributed by atoms with E-state index in [1.165, 1.54) is 21.4 Å². The Bertz CT molecular complexity index is 859. The molecule has 1 aliphatic carbocycles. The van der Waals surface area contributed by atoms with E-state index in [9.17, 15) is 22.8 Å². The number of rotatable bonds is 6. The number of carbonyl (C=O) groups excluding carboxylic acids is 2. The van der Waals surface area contributed by atoms with Gasteiger partial charge < -0.3 is 11.1 Å². The number of aromatic nitrogens is 3. The Hall–Kier alpha value is -2.43. The summed E-state index contributed by atoms with van der Waals surface area (Å²) in [6, 6.07) is 0. The Morgan fingerprint density at radius 1 is 1.30 bits per heavy atom. The van der Waals surface area contributed by atoms with Crippen LogP contribution in [0.4, 0.5) is 13.2 Å². The number of nitrogens with zero attached hydrogens (tertiary/aromatic N) is 3. The number of hydrogen-bond acceptors (Lipinski definition) is 5. The second kappa shape index (κ2) is 7.67. The summed E-state index contributed by atoms with van der Waals surface area (Å²) in [5, 5.41) is 8.31. The van der Waals surface area contributed by atoms with Crippen LogP contribution < -0.4 is 11.1 Å². The Kier molecular flexibility index (Phi) is 5.49. The highest BCUT2D eigenvalue weighted by atomic mass is 32.1. The number of thiazole rings is 1. The summed E-state index contributed by atoms with van der Waals surface area (Å²) in [4.78, 5) is 26.8. The Balaban J connectivity index is 1.75. The van der Waals surface area contributed by atoms with Crippen molar-refractivity contribution in [3.63, 3.8) is 0 Å². The van der Waals surface area contributed by atoms with Crippen molar-refractivity contribution in [3.05, 3.63) is 33.0 Å².